The highest BCUT2D eigenvalue weighted by Crippen LogP contribution is 2.32. The lowest BCUT2D eigenvalue weighted by Crippen LogP contribution is -2.25. The zero-order valence-electron chi connectivity index (χ0n) is 17.5. The van der Waals surface area contributed by atoms with E-state index in [1.54, 1.807) is 0 Å². The van der Waals surface area contributed by atoms with Crippen molar-refractivity contribution in [1.29, 1.82) is 0 Å². The minimum absolute atomic E-state index is 0.113. The maximum Gasteiger partial charge on any atom is 0.221 e. The van der Waals surface area contributed by atoms with Gasteiger partial charge in [0.15, 0.2) is 0 Å². The SMILES string of the molecule is CCCCN(CCCC)c1ccc(N=Nc2ccc(C)cc2)c(NC(C)=O)c1. The predicted octanol–water partition coefficient (Wildman–Crippen LogP) is 6.78. The molecule has 0 atom stereocenters. The van der Waals surface area contributed by atoms with E-state index in [2.05, 4.69) is 40.4 Å². The van der Waals surface area contributed by atoms with Gasteiger partial charge in [-0.05, 0) is 50.1 Å². The first-order valence-corrected chi connectivity index (χ1v) is 10.2. The van der Waals surface area contributed by atoms with Gasteiger partial charge in [-0.2, -0.15) is 5.11 Å². The van der Waals surface area contributed by atoms with Gasteiger partial charge in [0.1, 0.15) is 5.69 Å². The highest BCUT2D eigenvalue weighted by atomic mass is 16.1. The molecular weight excluding hydrogens is 348 g/mol. The van der Waals surface area contributed by atoms with E-state index < -0.39 is 0 Å². The van der Waals surface area contributed by atoms with Crippen LogP contribution >= 0.6 is 0 Å². The van der Waals surface area contributed by atoms with Gasteiger partial charge < -0.3 is 10.2 Å². The maximum atomic E-state index is 11.7. The molecule has 1 N–H and O–H groups in total. The molecule has 0 spiro atoms. The molecule has 2 aromatic rings. The molecule has 5 heteroatoms. The van der Waals surface area contributed by atoms with Gasteiger partial charge in [-0.25, -0.2) is 0 Å². The Kier molecular flexibility index (Phi) is 8.66. The number of nitrogens with one attached hydrogen (secondary N) is 1. The molecule has 0 aliphatic heterocycles. The monoisotopic (exact) mass is 380 g/mol. The van der Waals surface area contributed by atoms with Crippen molar-refractivity contribution in [2.24, 2.45) is 10.2 Å². The minimum atomic E-state index is -0.113. The standard InChI is InChI=1S/C23H32N4O/c1-5-7-15-27(16-8-6-2)21-13-14-22(23(17-21)24-19(4)28)26-25-20-11-9-18(3)10-12-20/h9-14,17H,5-8,15-16H2,1-4H3,(H,24,28). The quantitative estimate of drug-likeness (QED) is 0.462. The molecule has 150 valence electrons. The third kappa shape index (κ3) is 6.80. The van der Waals surface area contributed by atoms with Gasteiger partial charge in [-0.1, -0.05) is 44.4 Å². The van der Waals surface area contributed by atoms with E-state index in [1.165, 1.54) is 12.5 Å². The molecule has 0 saturated carbocycles. The summed E-state index contributed by atoms with van der Waals surface area (Å²) in [7, 11) is 0. The average Bonchev–Trinajstić information content (AvgIpc) is 2.68. The number of rotatable bonds is 10. The number of amides is 1. The molecule has 5 nitrogen and oxygen atoms in total. The Bertz CT molecular complexity index is 776. The summed E-state index contributed by atoms with van der Waals surface area (Å²) >= 11 is 0. The second kappa shape index (κ2) is 11.2. The average molecular weight is 381 g/mol. The number of aryl methyl sites for hydroxylation is 1. The second-order valence-corrected chi connectivity index (χ2v) is 7.11. The topological polar surface area (TPSA) is 57.1 Å². The summed E-state index contributed by atoms with van der Waals surface area (Å²) in [6.07, 6.45) is 4.61. The highest BCUT2D eigenvalue weighted by Gasteiger charge is 2.11. The van der Waals surface area contributed by atoms with Crippen molar-refractivity contribution in [3.05, 3.63) is 48.0 Å². The van der Waals surface area contributed by atoms with Crippen LogP contribution in [0.2, 0.25) is 0 Å². The molecule has 0 aromatic heterocycles. The molecule has 2 rings (SSSR count). The van der Waals surface area contributed by atoms with Crippen LogP contribution in [-0.2, 0) is 4.79 Å². The number of carbonyl (C=O) groups excluding carboxylic acids is 1. The van der Waals surface area contributed by atoms with E-state index in [1.807, 2.05) is 43.3 Å². The molecule has 0 saturated heterocycles. The smallest absolute Gasteiger partial charge is 0.221 e. The fourth-order valence-corrected chi connectivity index (χ4v) is 2.89. The molecule has 0 unspecified atom stereocenters. The Hall–Kier alpha value is -2.69. The van der Waals surface area contributed by atoms with Crippen molar-refractivity contribution in [3.63, 3.8) is 0 Å². The van der Waals surface area contributed by atoms with Crippen LogP contribution in [0.1, 0.15) is 52.0 Å². The van der Waals surface area contributed by atoms with Gasteiger partial charge in [0.05, 0.1) is 11.4 Å². The molecule has 0 heterocycles. The van der Waals surface area contributed by atoms with Crippen molar-refractivity contribution >= 4 is 28.7 Å². The summed E-state index contributed by atoms with van der Waals surface area (Å²) in [4.78, 5) is 14.1. The lowest BCUT2D eigenvalue weighted by molar-refractivity contribution is -0.114. The van der Waals surface area contributed by atoms with Crippen LogP contribution in [-0.4, -0.2) is 19.0 Å². The van der Waals surface area contributed by atoms with Gasteiger partial charge in [-0.15, -0.1) is 5.11 Å². The van der Waals surface area contributed by atoms with Gasteiger partial charge in [0.25, 0.3) is 0 Å². The highest BCUT2D eigenvalue weighted by molar-refractivity contribution is 5.93. The number of unbranched alkanes of at least 4 members (excludes halogenated alkanes) is 2. The Morgan fingerprint density at radius 3 is 2.18 bits per heavy atom. The molecule has 0 fully saturated rings. The Labute approximate surface area is 168 Å². The predicted molar refractivity (Wildman–Crippen MR) is 118 cm³/mol. The van der Waals surface area contributed by atoms with E-state index in [4.69, 9.17) is 0 Å². The van der Waals surface area contributed by atoms with Crippen LogP contribution in [0.25, 0.3) is 0 Å². The first kappa shape index (κ1) is 21.6. The summed E-state index contributed by atoms with van der Waals surface area (Å²) in [6, 6.07) is 13.9. The molecule has 2 aromatic carbocycles. The fourth-order valence-electron chi connectivity index (χ4n) is 2.89. The van der Waals surface area contributed by atoms with E-state index in [9.17, 15) is 4.79 Å². The minimum Gasteiger partial charge on any atom is -0.371 e. The normalized spacial score (nSPS) is 11.0. The van der Waals surface area contributed by atoms with Gasteiger partial charge in [-0.3, -0.25) is 4.79 Å². The van der Waals surface area contributed by atoms with Gasteiger partial charge in [0, 0.05) is 25.7 Å². The lowest BCUT2D eigenvalue weighted by Gasteiger charge is -2.25. The number of azo groups is 1. The Morgan fingerprint density at radius 1 is 0.964 bits per heavy atom. The first-order chi connectivity index (χ1) is 13.5. The summed E-state index contributed by atoms with van der Waals surface area (Å²) in [5, 5.41) is 11.6. The largest absolute Gasteiger partial charge is 0.371 e. The maximum absolute atomic E-state index is 11.7. The number of anilines is 2. The molecule has 0 radical (unpaired) electrons. The summed E-state index contributed by atoms with van der Waals surface area (Å²) in [5.74, 6) is -0.113. The second-order valence-electron chi connectivity index (χ2n) is 7.11. The van der Waals surface area contributed by atoms with Crippen molar-refractivity contribution < 1.29 is 4.79 Å². The van der Waals surface area contributed by atoms with Crippen LogP contribution in [0.4, 0.5) is 22.7 Å². The van der Waals surface area contributed by atoms with Crippen LogP contribution in [0.15, 0.2) is 52.7 Å². The van der Waals surface area contributed by atoms with Crippen LogP contribution < -0.4 is 10.2 Å². The molecule has 1 amide bonds. The van der Waals surface area contributed by atoms with Crippen LogP contribution in [0.5, 0.6) is 0 Å². The van der Waals surface area contributed by atoms with E-state index in [-0.39, 0.29) is 5.91 Å². The van der Waals surface area contributed by atoms with E-state index >= 15 is 0 Å². The third-order valence-corrected chi connectivity index (χ3v) is 4.53. The summed E-state index contributed by atoms with van der Waals surface area (Å²) < 4.78 is 0. The number of hydrogen-bond acceptors (Lipinski definition) is 4. The number of hydrogen-bond donors (Lipinski definition) is 1. The molecule has 0 bridgehead atoms. The van der Waals surface area contributed by atoms with Crippen molar-refractivity contribution in [3.8, 4) is 0 Å². The van der Waals surface area contributed by atoms with Gasteiger partial charge >= 0.3 is 0 Å². The lowest BCUT2D eigenvalue weighted by atomic mass is 10.2. The van der Waals surface area contributed by atoms with Crippen molar-refractivity contribution in [2.75, 3.05) is 23.3 Å². The zero-order chi connectivity index (χ0) is 20.4. The molecule has 0 aliphatic rings. The van der Waals surface area contributed by atoms with Gasteiger partial charge in [0.2, 0.25) is 5.91 Å². The number of benzene rings is 2. The fraction of sp³-hybridized carbons (Fsp3) is 0.435. The molecule has 0 aliphatic carbocycles. The van der Waals surface area contributed by atoms with E-state index in [0.29, 0.717) is 11.4 Å². The zero-order valence-corrected chi connectivity index (χ0v) is 17.5. The summed E-state index contributed by atoms with van der Waals surface area (Å²) in [5.41, 5.74) is 4.43. The first-order valence-electron chi connectivity index (χ1n) is 10.2. The van der Waals surface area contributed by atoms with Crippen molar-refractivity contribution in [1.82, 2.24) is 0 Å². The summed E-state index contributed by atoms with van der Waals surface area (Å²) in [6.45, 7) is 9.99. The Morgan fingerprint density at radius 2 is 1.61 bits per heavy atom. The third-order valence-electron chi connectivity index (χ3n) is 4.53. The number of carbonyl (C=O) groups is 1. The Balaban J connectivity index is 2.29. The molecule has 28 heavy (non-hydrogen) atoms. The van der Waals surface area contributed by atoms with Crippen LogP contribution in [0, 0.1) is 6.92 Å². The van der Waals surface area contributed by atoms with Crippen molar-refractivity contribution in [2.45, 2.75) is 53.4 Å². The molecular formula is C23H32N4O. The number of nitrogens with zero attached hydrogens (tertiary/aromatic N) is 3. The van der Waals surface area contributed by atoms with Crippen LogP contribution in [0.3, 0.4) is 0 Å². The van der Waals surface area contributed by atoms with E-state index in [0.717, 1.165) is 50.1 Å².